The first-order chi connectivity index (χ1) is 22.4. The summed E-state index contributed by atoms with van der Waals surface area (Å²) in [6.07, 6.45) is 5.14. The summed E-state index contributed by atoms with van der Waals surface area (Å²) < 4.78 is 28.3. The minimum absolute atomic E-state index is 0.0455. The SMILES string of the molecule is CCOC(=O)C12CC1C=CCOCCCC(NC(=O)OC(C)(C)C)C(=O)N1CC(Oc3nccc4cc(OC)ccc34)CC1C(=O)N2. The van der Waals surface area contributed by atoms with Crippen LogP contribution in [0.15, 0.2) is 42.6 Å². The first-order valence-corrected chi connectivity index (χ1v) is 16.1. The van der Waals surface area contributed by atoms with Crippen molar-refractivity contribution in [2.75, 3.05) is 33.5 Å². The van der Waals surface area contributed by atoms with Crippen molar-refractivity contribution in [1.82, 2.24) is 20.5 Å². The lowest BCUT2D eigenvalue weighted by Crippen LogP contribution is -2.56. The van der Waals surface area contributed by atoms with Gasteiger partial charge in [-0.1, -0.05) is 12.2 Å². The Morgan fingerprint density at radius 1 is 1.21 bits per heavy atom. The first kappa shape index (κ1) is 34.0. The number of benzene rings is 1. The fourth-order valence-corrected chi connectivity index (χ4v) is 6.06. The van der Waals surface area contributed by atoms with E-state index in [2.05, 4.69) is 15.6 Å². The topological polar surface area (TPSA) is 155 Å². The van der Waals surface area contributed by atoms with Crippen molar-refractivity contribution in [1.29, 1.82) is 0 Å². The molecule has 5 atom stereocenters. The first-order valence-electron chi connectivity index (χ1n) is 16.1. The normalized spacial score (nSPS) is 26.6. The van der Waals surface area contributed by atoms with Gasteiger partial charge in [-0.2, -0.15) is 0 Å². The minimum Gasteiger partial charge on any atom is -0.497 e. The van der Waals surface area contributed by atoms with Gasteiger partial charge in [-0.3, -0.25) is 9.59 Å². The lowest BCUT2D eigenvalue weighted by Gasteiger charge is -2.30. The zero-order chi connectivity index (χ0) is 33.8. The molecule has 0 spiro atoms. The van der Waals surface area contributed by atoms with Crippen LogP contribution in [0.1, 0.15) is 53.4 Å². The molecule has 1 aromatic heterocycles. The minimum atomic E-state index is -1.25. The molecule has 1 aromatic carbocycles. The third kappa shape index (κ3) is 7.95. The molecule has 0 bridgehead atoms. The number of carbonyl (C=O) groups excluding carboxylic acids is 4. The summed E-state index contributed by atoms with van der Waals surface area (Å²) in [7, 11) is 1.59. The summed E-state index contributed by atoms with van der Waals surface area (Å²) in [4.78, 5) is 60.1. The summed E-state index contributed by atoms with van der Waals surface area (Å²) in [5.74, 6) is -0.760. The van der Waals surface area contributed by atoms with Crippen LogP contribution in [0.3, 0.4) is 0 Å². The summed E-state index contributed by atoms with van der Waals surface area (Å²) in [6.45, 7) is 7.74. The molecule has 5 rings (SSSR count). The quantitative estimate of drug-likeness (QED) is 0.351. The average molecular weight is 653 g/mol. The number of ether oxygens (including phenoxy) is 5. The van der Waals surface area contributed by atoms with E-state index in [-0.39, 0.29) is 31.9 Å². The van der Waals surface area contributed by atoms with E-state index in [0.29, 0.717) is 37.7 Å². The summed E-state index contributed by atoms with van der Waals surface area (Å²) in [6, 6.07) is 5.35. The second-order valence-electron chi connectivity index (χ2n) is 13.0. The van der Waals surface area contributed by atoms with Gasteiger partial charge < -0.3 is 39.2 Å². The molecule has 2 N–H and O–H groups in total. The highest BCUT2D eigenvalue weighted by atomic mass is 16.6. The lowest BCUT2D eigenvalue weighted by molar-refractivity contribution is -0.150. The fraction of sp³-hybridized carbons (Fsp3) is 0.559. The Morgan fingerprint density at radius 2 is 2.02 bits per heavy atom. The summed E-state index contributed by atoms with van der Waals surface area (Å²) >= 11 is 0. The Labute approximate surface area is 274 Å². The molecule has 47 heavy (non-hydrogen) atoms. The second kappa shape index (κ2) is 14.2. The summed E-state index contributed by atoms with van der Waals surface area (Å²) in [5.41, 5.74) is -2.03. The maximum absolute atomic E-state index is 14.2. The number of fused-ring (bicyclic) bond motifs is 3. The molecule has 2 aromatic rings. The van der Waals surface area contributed by atoms with Crippen LogP contribution in [0.4, 0.5) is 4.79 Å². The van der Waals surface area contributed by atoms with Crippen molar-refractivity contribution < 1.29 is 42.9 Å². The molecule has 1 aliphatic carbocycles. The Bertz CT molecular complexity index is 1520. The smallest absolute Gasteiger partial charge is 0.408 e. The van der Waals surface area contributed by atoms with E-state index in [4.69, 9.17) is 23.7 Å². The zero-order valence-corrected chi connectivity index (χ0v) is 27.6. The van der Waals surface area contributed by atoms with Crippen LogP contribution in [-0.2, 0) is 28.6 Å². The molecule has 2 aliphatic heterocycles. The molecule has 13 nitrogen and oxygen atoms in total. The van der Waals surface area contributed by atoms with Crippen molar-refractivity contribution in [3.05, 3.63) is 42.6 Å². The van der Waals surface area contributed by atoms with Crippen molar-refractivity contribution in [2.45, 2.75) is 82.7 Å². The van der Waals surface area contributed by atoms with Gasteiger partial charge >= 0.3 is 12.1 Å². The van der Waals surface area contributed by atoms with Crippen LogP contribution < -0.4 is 20.1 Å². The maximum Gasteiger partial charge on any atom is 0.408 e. The highest BCUT2D eigenvalue weighted by Crippen LogP contribution is 2.46. The maximum atomic E-state index is 14.2. The standard InChI is InChI=1S/C34H44N4O9/c1-6-45-31(41)34-19-22(34)9-7-15-44-16-8-10-26(36-32(42)47-33(2,3)4)30(40)38-20-24(18-27(38)28(39)37-34)46-29-25-12-11-23(43-5)17-21(25)13-14-35-29/h7,9,11-14,17,22,24,26-27H,6,8,10,15-16,18-20H2,1-5H3,(H,36,42)(H,37,39). The number of hydrogen-bond donors (Lipinski definition) is 2. The van der Waals surface area contributed by atoms with Crippen LogP contribution >= 0.6 is 0 Å². The van der Waals surface area contributed by atoms with Gasteiger partial charge in [-0.25, -0.2) is 14.6 Å². The number of methoxy groups -OCH3 is 1. The number of pyridine rings is 1. The molecule has 13 heteroatoms. The van der Waals surface area contributed by atoms with Gasteiger partial charge in [0.2, 0.25) is 17.7 Å². The number of alkyl carbamates (subject to hydrolysis) is 1. The zero-order valence-electron chi connectivity index (χ0n) is 27.6. The number of hydrogen-bond acceptors (Lipinski definition) is 10. The van der Waals surface area contributed by atoms with E-state index in [1.165, 1.54) is 4.90 Å². The van der Waals surface area contributed by atoms with Gasteiger partial charge in [-0.05, 0) is 76.6 Å². The highest BCUT2D eigenvalue weighted by molar-refractivity contribution is 5.96. The molecule has 1 saturated carbocycles. The average Bonchev–Trinajstić information content (AvgIpc) is 3.55. The van der Waals surface area contributed by atoms with E-state index in [0.717, 1.165) is 10.8 Å². The molecule has 3 aliphatic rings. The molecule has 2 fully saturated rings. The predicted octanol–water partition coefficient (Wildman–Crippen LogP) is 3.29. The number of rotatable bonds is 6. The van der Waals surface area contributed by atoms with E-state index in [1.807, 2.05) is 30.4 Å². The van der Waals surface area contributed by atoms with Crippen LogP contribution in [0.25, 0.3) is 10.8 Å². The lowest BCUT2D eigenvalue weighted by atomic mass is 10.1. The number of amides is 3. The monoisotopic (exact) mass is 652 g/mol. The molecule has 3 heterocycles. The number of nitrogens with one attached hydrogen (secondary N) is 2. The number of aromatic nitrogens is 1. The van der Waals surface area contributed by atoms with Crippen LogP contribution in [-0.4, -0.2) is 96.6 Å². The molecule has 5 unspecified atom stereocenters. The van der Waals surface area contributed by atoms with Gasteiger partial charge in [0.05, 0.1) is 26.9 Å². The van der Waals surface area contributed by atoms with E-state index in [1.54, 1.807) is 47.1 Å². The fourth-order valence-electron chi connectivity index (χ4n) is 6.06. The number of esters is 1. The molecular formula is C34H44N4O9. The van der Waals surface area contributed by atoms with Crippen LogP contribution in [0, 0.1) is 5.92 Å². The molecule has 254 valence electrons. The summed E-state index contributed by atoms with van der Waals surface area (Å²) in [5, 5.41) is 7.24. The third-order valence-corrected chi connectivity index (χ3v) is 8.42. The van der Waals surface area contributed by atoms with Gasteiger partial charge in [0, 0.05) is 30.5 Å². The van der Waals surface area contributed by atoms with E-state index in [9.17, 15) is 19.2 Å². The van der Waals surface area contributed by atoms with Gasteiger partial charge in [-0.15, -0.1) is 0 Å². The largest absolute Gasteiger partial charge is 0.497 e. The number of nitrogens with zero attached hydrogens (tertiary/aromatic N) is 2. The van der Waals surface area contributed by atoms with E-state index >= 15 is 0 Å². The van der Waals surface area contributed by atoms with Crippen molar-refractivity contribution in [3.63, 3.8) is 0 Å². The Kier molecular flexibility index (Phi) is 10.2. The van der Waals surface area contributed by atoms with Crippen LogP contribution in [0.5, 0.6) is 11.6 Å². The molecule has 3 amide bonds. The number of carbonyl (C=O) groups is 4. The van der Waals surface area contributed by atoms with Crippen molar-refractivity contribution >= 4 is 34.6 Å². The second-order valence-corrected chi connectivity index (χ2v) is 13.0. The van der Waals surface area contributed by atoms with Gasteiger partial charge in [0.15, 0.2) is 0 Å². The van der Waals surface area contributed by atoms with Gasteiger partial charge in [0.25, 0.3) is 0 Å². The van der Waals surface area contributed by atoms with Crippen molar-refractivity contribution in [3.8, 4) is 11.6 Å². The predicted molar refractivity (Wildman–Crippen MR) is 171 cm³/mol. The molecule has 1 saturated heterocycles. The molecular weight excluding hydrogens is 608 g/mol. The Hall–Kier alpha value is -4.39. The van der Waals surface area contributed by atoms with Gasteiger partial charge in [0.1, 0.15) is 35.1 Å². The third-order valence-electron chi connectivity index (χ3n) is 8.42. The Morgan fingerprint density at radius 3 is 2.77 bits per heavy atom. The highest BCUT2D eigenvalue weighted by Gasteiger charge is 2.62. The Balaban J connectivity index is 1.45. The molecule has 0 radical (unpaired) electrons. The van der Waals surface area contributed by atoms with Crippen molar-refractivity contribution in [2.24, 2.45) is 5.92 Å². The van der Waals surface area contributed by atoms with E-state index < -0.39 is 53.2 Å². The van der Waals surface area contributed by atoms with Crippen LogP contribution in [0.2, 0.25) is 0 Å².